The van der Waals surface area contributed by atoms with Crippen molar-refractivity contribution in [3.8, 4) is 0 Å². The van der Waals surface area contributed by atoms with Crippen LogP contribution in [0.4, 0.5) is 5.82 Å². The van der Waals surface area contributed by atoms with Gasteiger partial charge in [-0.3, -0.25) is 4.57 Å². The van der Waals surface area contributed by atoms with E-state index in [1.165, 1.54) is 19.4 Å². The number of anilines is 1. The van der Waals surface area contributed by atoms with E-state index in [1.54, 1.807) is 6.92 Å². The third-order valence-electron chi connectivity index (χ3n) is 3.79. The molecule has 0 saturated carbocycles. The lowest BCUT2D eigenvalue weighted by molar-refractivity contribution is -0.212. The minimum atomic E-state index is -1.71. The van der Waals surface area contributed by atoms with Gasteiger partial charge >= 0.3 is 5.69 Å². The monoisotopic (exact) mass is 301 g/mol. The highest BCUT2D eigenvalue weighted by molar-refractivity contribution is 5.24. The SMILES string of the molecule is COC(C)[C@@]1(n2ccc(N)nc2=O)O[C@H](CO)[C@@H](O)[C@H]1O. The van der Waals surface area contributed by atoms with E-state index >= 15 is 0 Å². The Labute approximate surface area is 120 Å². The number of nitrogen functional groups attached to an aromatic ring is 1. The lowest BCUT2D eigenvalue weighted by Crippen LogP contribution is -2.57. The summed E-state index contributed by atoms with van der Waals surface area (Å²) in [5, 5.41) is 29.6. The standard InChI is InChI=1S/C12H19N3O6/c1-6(20-2)12(10(18)9(17)7(5-16)21-12)15-4-3-8(13)14-11(15)19/h3-4,6-7,9-10,16-18H,5H2,1-2H3,(H2,13,14,19)/t6?,7-,9-,10-,12-/m1/s1. The maximum Gasteiger partial charge on any atom is 0.352 e. The summed E-state index contributed by atoms with van der Waals surface area (Å²) in [4.78, 5) is 15.7. The minimum absolute atomic E-state index is 0.0169. The molecule has 1 fully saturated rings. The van der Waals surface area contributed by atoms with Crippen LogP contribution in [0.1, 0.15) is 6.92 Å². The Hall–Kier alpha value is -1.52. The Morgan fingerprint density at radius 2 is 2.29 bits per heavy atom. The Morgan fingerprint density at radius 3 is 2.76 bits per heavy atom. The minimum Gasteiger partial charge on any atom is -0.394 e. The molecule has 5 atom stereocenters. The highest BCUT2D eigenvalue weighted by Gasteiger charge is 2.59. The molecular weight excluding hydrogens is 282 g/mol. The van der Waals surface area contributed by atoms with Crippen molar-refractivity contribution in [2.24, 2.45) is 0 Å². The van der Waals surface area contributed by atoms with Gasteiger partial charge in [0.05, 0.1) is 6.61 Å². The fourth-order valence-corrected chi connectivity index (χ4v) is 2.56. The summed E-state index contributed by atoms with van der Waals surface area (Å²) in [6.45, 7) is 1.05. The van der Waals surface area contributed by atoms with Crippen LogP contribution in [0.15, 0.2) is 17.1 Å². The molecule has 5 N–H and O–H groups in total. The van der Waals surface area contributed by atoms with E-state index in [2.05, 4.69) is 4.98 Å². The lowest BCUT2D eigenvalue weighted by atomic mass is 9.97. The van der Waals surface area contributed by atoms with Crippen molar-refractivity contribution in [1.82, 2.24) is 9.55 Å². The van der Waals surface area contributed by atoms with Crippen LogP contribution >= 0.6 is 0 Å². The molecule has 1 saturated heterocycles. The van der Waals surface area contributed by atoms with Crippen molar-refractivity contribution >= 4 is 5.82 Å². The molecule has 0 radical (unpaired) electrons. The second kappa shape index (κ2) is 5.70. The van der Waals surface area contributed by atoms with Gasteiger partial charge in [-0.15, -0.1) is 0 Å². The molecule has 0 aromatic carbocycles. The fourth-order valence-electron chi connectivity index (χ4n) is 2.56. The van der Waals surface area contributed by atoms with Crippen LogP contribution in [-0.2, 0) is 15.2 Å². The van der Waals surface area contributed by atoms with Crippen molar-refractivity contribution in [2.45, 2.75) is 37.1 Å². The first-order chi connectivity index (χ1) is 9.88. The van der Waals surface area contributed by atoms with Gasteiger partial charge in [0.15, 0.2) is 0 Å². The van der Waals surface area contributed by atoms with Crippen LogP contribution in [0.5, 0.6) is 0 Å². The smallest absolute Gasteiger partial charge is 0.352 e. The van der Waals surface area contributed by atoms with Gasteiger partial charge in [-0.1, -0.05) is 0 Å². The quantitative estimate of drug-likeness (QED) is 0.483. The summed E-state index contributed by atoms with van der Waals surface area (Å²) < 4.78 is 11.8. The number of aliphatic hydroxyl groups is 3. The topological polar surface area (TPSA) is 140 Å². The van der Waals surface area contributed by atoms with Crippen molar-refractivity contribution in [3.63, 3.8) is 0 Å². The van der Waals surface area contributed by atoms with Crippen molar-refractivity contribution < 1.29 is 24.8 Å². The van der Waals surface area contributed by atoms with Crippen LogP contribution in [0.2, 0.25) is 0 Å². The van der Waals surface area contributed by atoms with Crippen LogP contribution < -0.4 is 11.4 Å². The predicted molar refractivity (Wildman–Crippen MR) is 71.3 cm³/mol. The second-order valence-corrected chi connectivity index (χ2v) is 4.91. The fraction of sp³-hybridized carbons (Fsp3) is 0.667. The normalized spacial score (nSPS) is 34.0. The molecule has 1 aromatic heterocycles. The number of aliphatic hydroxyl groups excluding tert-OH is 3. The second-order valence-electron chi connectivity index (χ2n) is 4.91. The van der Waals surface area contributed by atoms with E-state index in [-0.39, 0.29) is 5.82 Å². The Balaban J connectivity index is 2.61. The zero-order valence-corrected chi connectivity index (χ0v) is 11.7. The van der Waals surface area contributed by atoms with Gasteiger partial charge in [0.1, 0.15) is 30.2 Å². The van der Waals surface area contributed by atoms with Crippen molar-refractivity contribution in [3.05, 3.63) is 22.7 Å². The summed E-state index contributed by atoms with van der Waals surface area (Å²) in [6, 6.07) is 1.36. The van der Waals surface area contributed by atoms with Crippen molar-refractivity contribution in [2.75, 3.05) is 19.5 Å². The number of methoxy groups -OCH3 is 1. The van der Waals surface area contributed by atoms with E-state index in [0.29, 0.717) is 0 Å². The molecule has 21 heavy (non-hydrogen) atoms. The highest BCUT2D eigenvalue weighted by Crippen LogP contribution is 2.38. The Bertz CT molecular complexity index is 564. The number of nitrogens with two attached hydrogens (primary N) is 1. The molecule has 1 aliphatic rings. The summed E-state index contributed by atoms with van der Waals surface area (Å²) in [5.74, 6) is 0.0169. The number of rotatable bonds is 4. The van der Waals surface area contributed by atoms with Gasteiger partial charge in [-0.05, 0) is 13.0 Å². The van der Waals surface area contributed by atoms with E-state index in [9.17, 15) is 20.1 Å². The average molecular weight is 301 g/mol. The van der Waals surface area contributed by atoms with E-state index < -0.39 is 42.4 Å². The lowest BCUT2D eigenvalue weighted by Gasteiger charge is -2.37. The number of nitrogens with zero attached hydrogens (tertiary/aromatic N) is 2. The van der Waals surface area contributed by atoms with Gasteiger partial charge in [0.25, 0.3) is 0 Å². The van der Waals surface area contributed by atoms with E-state index in [1.807, 2.05) is 0 Å². The van der Waals surface area contributed by atoms with Gasteiger partial charge in [-0.25, -0.2) is 4.79 Å². The molecule has 118 valence electrons. The van der Waals surface area contributed by atoms with Crippen LogP contribution in [0, 0.1) is 0 Å². The predicted octanol–water partition coefficient (Wildman–Crippen LogP) is -2.37. The summed E-state index contributed by atoms with van der Waals surface area (Å²) in [6.07, 6.45) is -3.43. The Morgan fingerprint density at radius 1 is 1.62 bits per heavy atom. The zero-order valence-electron chi connectivity index (χ0n) is 11.7. The molecule has 0 aliphatic carbocycles. The van der Waals surface area contributed by atoms with Gasteiger partial charge in [0, 0.05) is 13.3 Å². The Kier molecular flexibility index (Phi) is 4.30. The van der Waals surface area contributed by atoms with Crippen molar-refractivity contribution in [1.29, 1.82) is 0 Å². The number of ether oxygens (including phenoxy) is 2. The molecule has 9 heteroatoms. The zero-order chi connectivity index (χ0) is 15.8. The number of aromatic nitrogens is 2. The first kappa shape index (κ1) is 15.9. The van der Waals surface area contributed by atoms with Gasteiger partial charge in [-0.2, -0.15) is 4.98 Å². The average Bonchev–Trinajstić information content (AvgIpc) is 2.72. The third kappa shape index (κ3) is 2.32. The van der Waals surface area contributed by atoms with Gasteiger partial charge < -0.3 is 30.5 Å². The van der Waals surface area contributed by atoms with Crippen LogP contribution in [-0.4, -0.2) is 63.0 Å². The van der Waals surface area contributed by atoms with E-state index in [4.69, 9.17) is 15.2 Å². The number of hydrogen-bond acceptors (Lipinski definition) is 8. The molecule has 2 heterocycles. The van der Waals surface area contributed by atoms with Gasteiger partial charge in [0.2, 0.25) is 5.72 Å². The first-order valence-electron chi connectivity index (χ1n) is 6.41. The maximum atomic E-state index is 12.1. The molecule has 2 rings (SSSR count). The molecule has 1 aliphatic heterocycles. The third-order valence-corrected chi connectivity index (χ3v) is 3.79. The largest absolute Gasteiger partial charge is 0.394 e. The molecular formula is C12H19N3O6. The molecule has 0 bridgehead atoms. The molecule has 1 aromatic rings. The molecule has 0 amide bonds. The summed E-state index contributed by atoms with van der Waals surface area (Å²) in [7, 11) is 1.37. The number of hydrogen-bond donors (Lipinski definition) is 4. The first-order valence-corrected chi connectivity index (χ1v) is 6.41. The van der Waals surface area contributed by atoms with Crippen LogP contribution in [0.3, 0.4) is 0 Å². The molecule has 9 nitrogen and oxygen atoms in total. The molecule has 0 spiro atoms. The summed E-state index contributed by atoms with van der Waals surface area (Å²) in [5.41, 5.74) is 2.98. The summed E-state index contributed by atoms with van der Waals surface area (Å²) >= 11 is 0. The van der Waals surface area contributed by atoms with Crippen LogP contribution in [0.25, 0.3) is 0 Å². The molecule has 1 unspecified atom stereocenters. The highest BCUT2D eigenvalue weighted by atomic mass is 16.6. The van der Waals surface area contributed by atoms with E-state index in [0.717, 1.165) is 4.57 Å². The maximum absolute atomic E-state index is 12.1.